The third kappa shape index (κ3) is 7.97. The fraction of sp³-hybridized carbons (Fsp3) is 0.474. The van der Waals surface area contributed by atoms with Gasteiger partial charge in [0.15, 0.2) is 6.61 Å². The summed E-state index contributed by atoms with van der Waals surface area (Å²) in [6.45, 7) is 4.30. The van der Waals surface area contributed by atoms with Gasteiger partial charge in [-0.3, -0.25) is 9.59 Å². The first kappa shape index (κ1) is 33.0. The van der Waals surface area contributed by atoms with Crippen molar-refractivity contribution in [1.29, 1.82) is 0 Å². The number of anilines is 2. The molecule has 3 aromatic rings. The lowest BCUT2D eigenvalue weighted by Gasteiger charge is -2.36. The van der Waals surface area contributed by atoms with Crippen molar-refractivity contribution in [2.75, 3.05) is 77.0 Å². The first-order chi connectivity index (χ1) is 22.9. The van der Waals surface area contributed by atoms with Crippen LogP contribution < -0.4 is 24.6 Å². The van der Waals surface area contributed by atoms with Crippen LogP contribution in [0.3, 0.4) is 0 Å². The van der Waals surface area contributed by atoms with Crippen LogP contribution in [0, 0.1) is 5.92 Å². The van der Waals surface area contributed by atoms with Crippen LogP contribution in [0.1, 0.15) is 43.6 Å². The van der Waals surface area contributed by atoms with Crippen molar-refractivity contribution in [3.8, 4) is 22.6 Å². The smallest absolute Gasteiger partial charge is 0.265 e. The molecule has 1 N–H and O–H groups in total. The summed E-state index contributed by atoms with van der Waals surface area (Å²) in [7, 11) is 5.81. The van der Waals surface area contributed by atoms with Gasteiger partial charge in [-0.1, -0.05) is 36.4 Å². The summed E-state index contributed by atoms with van der Waals surface area (Å²) in [5.41, 5.74) is 4.96. The molecule has 250 valence electrons. The largest absolute Gasteiger partial charge is 0.494 e. The zero-order valence-electron chi connectivity index (χ0n) is 28.0. The predicted molar refractivity (Wildman–Crippen MR) is 186 cm³/mol. The molecule has 2 atom stereocenters. The Morgan fingerprint density at radius 3 is 2.57 bits per heavy atom. The number of ether oxygens (including phenoxy) is 3. The molecule has 47 heavy (non-hydrogen) atoms. The number of carbonyl (C=O) groups excluding carboxylic acids is 2. The Balaban J connectivity index is 1.23. The number of hydrogen-bond donors (Lipinski definition) is 1. The van der Waals surface area contributed by atoms with Gasteiger partial charge in [0.05, 0.1) is 18.2 Å². The average Bonchev–Trinajstić information content (AvgIpc) is 3.93. The van der Waals surface area contributed by atoms with Gasteiger partial charge < -0.3 is 34.2 Å². The second-order valence-corrected chi connectivity index (χ2v) is 13.1. The van der Waals surface area contributed by atoms with Crippen molar-refractivity contribution in [3.05, 3.63) is 72.3 Å². The lowest BCUT2D eigenvalue weighted by molar-refractivity contribution is -0.123. The normalized spacial score (nSPS) is 19.3. The summed E-state index contributed by atoms with van der Waals surface area (Å²) in [5, 5.41) is 3.51. The van der Waals surface area contributed by atoms with E-state index in [0.717, 1.165) is 73.4 Å². The minimum absolute atomic E-state index is 0.0210. The summed E-state index contributed by atoms with van der Waals surface area (Å²) in [6.07, 6.45) is 4.53. The highest BCUT2D eigenvalue weighted by molar-refractivity contribution is 6.01. The van der Waals surface area contributed by atoms with Gasteiger partial charge in [0.1, 0.15) is 11.5 Å². The number of hydrogen-bond acceptors (Lipinski definition) is 7. The molecule has 3 aliphatic rings. The highest BCUT2D eigenvalue weighted by Crippen LogP contribution is 2.42. The summed E-state index contributed by atoms with van der Waals surface area (Å²) < 4.78 is 17.1. The first-order valence-corrected chi connectivity index (χ1v) is 17.0. The van der Waals surface area contributed by atoms with E-state index in [1.165, 1.54) is 5.56 Å². The molecule has 9 nitrogen and oxygen atoms in total. The Labute approximate surface area is 278 Å². The minimum atomic E-state index is -0.210. The molecule has 0 aromatic heterocycles. The van der Waals surface area contributed by atoms with E-state index in [4.69, 9.17) is 14.2 Å². The number of fused-ring (bicyclic) bond motifs is 1. The van der Waals surface area contributed by atoms with Crippen LogP contribution in [0.25, 0.3) is 11.1 Å². The molecule has 9 heteroatoms. The predicted octanol–water partition coefficient (Wildman–Crippen LogP) is 5.33. The molecule has 2 aliphatic heterocycles. The molecular weight excluding hydrogens is 592 g/mol. The third-order valence-corrected chi connectivity index (χ3v) is 9.34. The molecule has 2 heterocycles. The van der Waals surface area contributed by atoms with Gasteiger partial charge in [-0.05, 0) is 106 Å². The van der Waals surface area contributed by atoms with Crippen LogP contribution in [0.5, 0.6) is 11.5 Å². The van der Waals surface area contributed by atoms with Gasteiger partial charge in [0.2, 0.25) is 5.91 Å². The second-order valence-electron chi connectivity index (χ2n) is 13.1. The van der Waals surface area contributed by atoms with Crippen molar-refractivity contribution in [2.45, 2.75) is 44.1 Å². The molecule has 6 rings (SSSR count). The first-order valence-electron chi connectivity index (χ1n) is 17.0. The van der Waals surface area contributed by atoms with Gasteiger partial charge in [-0.2, -0.15) is 0 Å². The zero-order chi connectivity index (χ0) is 32.8. The van der Waals surface area contributed by atoms with Crippen LogP contribution in [-0.2, 0) is 14.3 Å². The SMILES string of the molecule is COCCCN1C(=O)COc2ccc(N(C(=O)[C@H]3CNCC[C@@H]3c3cccc(-c4cccc(OCCCN(C)C)c4)c3)C3CC3)cc21. The van der Waals surface area contributed by atoms with Crippen molar-refractivity contribution in [2.24, 2.45) is 5.92 Å². The van der Waals surface area contributed by atoms with E-state index in [2.05, 4.69) is 60.7 Å². The van der Waals surface area contributed by atoms with E-state index in [9.17, 15) is 9.59 Å². The van der Waals surface area contributed by atoms with Crippen LogP contribution in [-0.4, -0.2) is 90.0 Å². The van der Waals surface area contributed by atoms with E-state index in [1.54, 1.807) is 12.0 Å². The lowest BCUT2D eigenvalue weighted by atomic mass is 9.79. The molecular formula is C38H48N4O5. The van der Waals surface area contributed by atoms with Gasteiger partial charge >= 0.3 is 0 Å². The standard InChI is InChI=1S/C38H48N4O5/c1-40(2)18-6-21-46-32-11-5-9-28(23-32)27-8-4-10-29(22-27)33-16-17-39-25-34(33)38(44)42(30-12-13-30)31-14-15-36-35(24-31)41(19-7-20-45-3)37(43)26-47-36/h4-5,8-11,14-15,22-24,30,33-34,39H,6-7,12-13,16-21,25-26H2,1-3H3/t33-,34+/m1/s1. The number of carbonyl (C=O) groups is 2. The van der Waals surface area contributed by atoms with Gasteiger partial charge in [0, 0.05) is 45.1 Å². The van der Waals surface area contributed by atoms with Crippen molar-refractivity contribution in [3.63, 3.8) is 0 Å². The van der Waals surface area contributed by atoms with E-state index in [0.29, 0.717) is 32.1 Å². The monoisotopic (exact) mass is 640 g/mol. The molecule has 3 aromatic carbocycles. The molecule has 2 fully saturated rings. The fourth-order valence-corrected chi connectivity index (χ4v) is 6.78. The summed E-state index contributed by atoms with van der Waals surface area (Å²) >= 11 is 0. The number of piperidine rings is 1. The summed E-state index contributed by atoms with van der Waals surface area (Å²) in [4.78, 5) is 33.4. The Bertz CT molecular complexity index is 1540. The molecule has 2 amide bonds. The number of rotatable bonds is 14. The van der Waals surface area contributed by atoms with E-state index < -0.39 is 0 Å². The third-order valence-electron chi connectivity index (χ3n) is 9.34. The van der Waals surface area contributed by atoms with E-state index >= 15 is 0 Å². The summed E-state index contributed by atoms with van der Waals surface area (Å²) in [5.74, 6) is 1.48. The highest BCUT2D eigenvalue weighted by atomic mass is 16.5. The van der Waals surface area contributed by atoms with Crippen LogP contribution in [0.15, 0.2) is 66.7 Å². The molecule has 0 spiro atoms. The quantitative estimate of drug-likeness (QED) is 0.239. The maximum Gasteiger partial charge on any atom is 0.265 e. The maximum absolute atomic E-state index is 14.6. The summed E-state index contributed by atoms with van der Waals surface area (Å²) in [6, 6.07) is 23.0. The molecule has 0 radical (unpaired) electrons. The fourth-order valence-electron chi connectivity index (χ4n) is 6.78. The minimum Gasteiger partial charge on any atom is -0.494 e. The number of nitrogens with zero attached hydrogens (tertiary/aromatic N) is 3. The Hall–Kier alpha value is -3.92. The molecule has 1 saturated carbocycles. The van der Waals surface area contributed by atoms with Crippen molar-refractivity contribution >= 4 is 23.2 Å². The topological polar surface area (TPSA) is 83.6 Å². The van der Waals surface area contributed by atoms with E-state index in [-0.39, 0.29) is 36.3 Å². The van der Waals surface area contributed by atoms with Gasteiger partial charge in [0.25, 0.3) is 5.91 Å². The van der Waals surface area contributed by atoms with Gasteiger partial charge in [-0.15, -0.1) is 0 Å². The zero-order valence-corrected chi connectivity index (χ0v) is 28.0. The molecule has 1 saturated heterocycles. The number of amides is 2. The second kappa shape index (κ2) is 15.3. The number of methoxy groups -OCH3 is 1. The maximum atomic E-state index is 14.6. The Morgan fingerprint density at radius 1 is 0.979 bits per heavy atom. The Morgan fingerprint density at radius 2 is 1.79 bits per heavy atom. The highest BCUT2D eigenvalue weighted by Gasteiger charge is 2.41. The number of nitrogens with one attached hydrogen (secondary N) is 1. The van der Waals surface area contributed by atoms with Crippen molar-refractivity contribution < 1.29 is 23.8 Å². The van der Waals surface area contributed by atoms with Crippen LogP contribution >= 0.6 is 0 Å². The van der Waals surface area contributed by atoms with Crippen LogP contribution in [0.4, 0.5) is 11.4 Å². The average molecular weight is 641 g/mol. The molecule has 0 unspecified atom stereocenters. The molecule has 0 bridgehead atoms. The molecule has 1 aliphatic carbocycles. The lowest BCUT2D eigenvalue weighted by Crippen LogP contribution is -2.47. The Kier molecular flexibility index (Phi) is 10.8. The van der Waals surface area contributed by atoms with Crippen LogP contribution in [0.2, 0.25) is 0 Å². The van der Waals surface area contributed by atoms with Crippen molar-refractivity contribution in [1.82, 2.24) is 10.2 Å². The number of benzene rings is 3. The van der Waals surface area contributed by atoms with Gasteiger partial charge in [-0.25, -0.2) is 0 Å². The van der Waals surface area contributed by atoms with E-state index in [1.807, 2.05) is 35.2 Å².